The molecular weight excluding hydrogens is 569 g/mol. The van der Waals surface area contributed by atoms with Crippen LogP contribution in [-0.2, 0) is 0 Å². The summed E-state index contributed by atoms with van der Waals surface area (Å²) in [4.78, 5) is 5.00. The monoisotopic (exact) mass is 608 g/mol. The predicted molar refractivity (Wildman–Crippen MR) is 200 cm³/mol. The second-order valence-corrected chi connectivity index (χ2v) is 13.3. The minimum atomic E-state index is 1.20. The van der Waals surface area contributed by atoms with Gasteiger partial charge in [0.15, 0.2) is 0 Å². The van der Waals surface area contributed by atoms with Crippen LogP contribution < -0.4 is 9.80 Å². The molecule has 0 fully saturated rings. The second kappa shape index (κ2) is 10.9. The van der Waals surface area contributed by atoms with Gasteiger partial charge >= 0.3 is 0 Å². The first-order valence-corrected chi connectivity index (χ1v) is 16.6. The molecule has 0 aromatic heterocycles. The van der Waals surface area contributed by atoms with Crippen LogP contribution in [0, 0.1) is 48.5 Å². The Morgan fingerprint density at radius 1 is 0.340 bits per heavy atom. The highest BCUT2D eigenvalue weighted by atomic mass is 15.2. The normalized spacial score (nSPS) is 13.3. The van der Waals surface area contributed by atoms with Crippen molar-refractivity contribution in [1.29, 1.82) is 0 Å². The summed E-state index contributed by atoms with van der Waals surface area (Å²) in [6, 6.07) is 42.7. The summed E-state index contributed by atoms with van der Waals surface area (Å²) in [6.07, 6.45) is 0. The zero-order valence-electron chi connectivity index (χ0n) is 28.4. The molecule has 0 atom stereocenters. The molecular formula is C45H40N2. The topological polar surface area (TPSA) is 6.48 Å². The third-order valence-electron chi connectivity index (χ3n) is 10.7. The van der Waals surface area contributed by atoms with E-state index in [4.69, 9.17) is 0 Å². The number of nitrogens with zero attached hydrogens (tertiary/aromatic N) is 2. The Hall–Kier alpha value is -5.34. The molecule has 2 nitrogen and oxygen atoms in total. The van der Waals surface area contributed by atoms with Gasteiger partial charge in [-0.15, -0.1) is 0 Å². The van der Waals surface area contributed by atoms with Crippen LogP contribution in [0.4, 0.5) is 34.1 Å². The van der Waals surface area contributed by atoms with Crippen molar-refractivity contribution in [3.63, 3.8) is 0 Å². The number of benzene rings is 6. The molecule has 0 radical (unpaired) electrons. The molecule has 0 unspecified atom stereocenters. The number of hydrogen-bond donors (Lipinski definition) is 0. The van der Waals surface area contributed by atoms with Gasteiger partial charge in [0.2, 0.25) is 0 Å². The van der Waals surface area contributed by atoms with Crippen LogP contribution in [0.3, 0.4) is 0 Å². The van der Waals surface area contributed by atoms with Crippen LogP contribution in [0.25, 0.3) is 11.1 Å². The van der Waals surface area contributed by atoms with Gasteiger partial charge < -0.3 is 9.80 Å². The molecule has 8 rings (SSSR count). The summed E-state index contributed by atoms with van der Waals surface area (Å²) in [5.41, 5.74) is 24.2. The van der Waals surface area contributed by atoms with Crippen molar-refractivity contribution in [2.24, 2.45) is 0 Å². The molecule has 230 valence electrons. The van der Waals surface area contributed by atoms with E-state index in [1.165, 1.54) is 106 Å². The van der Waals surface area contributed by atoms with Gasteiger partial charge in [0.05, 0.1) is 28.4 Å². The number of hydrogen-bond acceptors (Lipinski definition) is 2. The SMILES string of the molecule is Cc1ccc(C)c(N2c3ccccc3C(=C3c4ccccc4N(c4c(C)c(C)c(C)c(C)c4C)c4ccccc43)c3ccccc32)c1. The minimum Gasteiger partial charge on any atom is -0.309 e. The van der Waals surface area contributed by atoms with Crippen molar-refractivity contribution in [3.05, 3.63) is 176 Å². The van der Waals surface area contributed by atoms with Crippen molar-refractivity contribution in [1.82, 2.24) is 0 Å². The Kier molecular flexibility index (Phi) is 6.74. The summed E-state index contributed by atoms with van der Waals surface area (Å²) in [6.45, 7) is 15.8. The molecule has 2 heterocycles. The highest BCUT2D eigenvalue weighted by Crippen LogP contribution is 2.57. The first kappa shape index (κ1) is 29.1. The van der Waals surface area contributed by atoms with E-state index in [9.17, 15) is 0 Å². The van der Waals surface area contributed by atoms with Crippen LogP contribution in [0.5, 0.6) is 0 Å². The lowest BCUT2D eigenvalue weighted by atomic mass is 9.79. The van der Waals surface area contributed by atoms with Crippen LogP contribution in [0.1, 0.15) is 61.2 Å². The molecule has 0 saturated heterocycles. The van der Waals surface area contributed by atoms with Gasteiger partial charge in [0, 0.05) is 39.1 Å². The highest BCUT2D eigenvalue weighted by Gasteiger charge is 2.36. The summed E-state index contributed by atoms with van der Waals surface area (Å²) < 4.78 is 0. The summed E-state index contributed by atoms with van der Waals surface area (Å²) >= 11 is 0. The molecule has 2 aliphatic rings. The van der Waals surface area contributed by atoms with E-state index in [0.717, 1.165) is 0 Å². The van der Waals surface area contributed by atoms with Crippen molar-refractivity contribution < 1.29 is 0 Å². The van der Waals surface area contributed by atoms with Gasteiger partial charge in [-0.3, -0.25) is 0 Å². The van der Waals surface area contributed by atoms with Crippen LogP contribution in [-0.4, -0.2) is 0 Å². The lowest BCUT2D eigenvalue weighted by molar-refractivity contribution is 1.12. The van der Waals surface area contributed by atoms with E-state index < -0.39 is 0 Å². The van der Waals surface area contributed by atoms with Crippen LogP contribution in [0.15, 0.2) is 115 Å². The summed E-state index contributed by atoms with van der Waals surface area (Å²) in [7, 11) is 0. The van der Waals surface area contributed by atoms with E-state index in [2.05, 4.69) is 174 Å². The number of aryl methyl sites for hydroxylation is 2. The smallest absolute Gasteiger partial charge is 0.0540 e. The first-order valence-electron chi connectivity index (χ1n) is 16.6. The maximum absolute atomic E-state index is 2.53. The van der Waals surface area contributed by atoms with Gasteiger partial charge in [-0.2, -0.15) is 0 Å². The Labute approximate surface area is 279 Å². The Bertz CT molecular complexity index is 2160. The van der Waals surface area contributed by atoms with E-state index in [1.54, 1.807) is 0 Å². The van der Waals surface area contributed by atoms with Crippen molar-refractivity contribution in [3.8, 4) is 0 Å². The van der Waals surface area contributed by atoms with Crippen molar-refractivity contribution in [2.45, 2.75) is 48.5 Å². The second-order valence-electron chi connectivity index (χ2n) is 13.3. The van der Waals surface area contributed by atoms with E-state index in [0.29, 0.717) is 0 Å². The standard InChI is InChI=1S/C45H40N2/c1-27-24-25-28(2)42(26-27)46-38-20-12-8-16-34(38)43(35-17-9-13-21-39(35)46)44-36-18-10-14-22-40(36)47(41-23-15-11-19-37(41)44)45-32(6)30(4)29(3)31(5)33(45)7/h8-26H,1-7H3. The fourth-order valence-corrected chi connectivity index (χ4v) is 7.88. The highest BCUT2D eigenvalue weighted by molar-refractivity contribution is 6.17. The fraction of sp³-hybridized carbons (Fsp3) is 0.156. The van der Waals surface area contributed by atoms with E-state index in [-0.39, 0.29) is 0 Å². The van der Waals surface area contributed by atoms with E-state index in [1.807, 2.05) is 0 Å². The maximum Gasteiger partial charge on any atom is 0.0540 e. The minimum absolute atomic E-state index is 1.20. The molecule has 0 saturated carbocycles. The molecule has 0 spiro atoms. The molecule has 47 heavy (non-hydrogen) atoms. The zero-order chi connectivity index (χ0) is 32.6. The molecule has 0 N–H and O–H groups in total. The Morgan fingerprint density at radius 2 is 0.702 bits per heavy atom. The van der Waals surface area contributed by atoms with Gasteiger partial charge in [-0.05, 0) is 118 Å². The number of anilines is 6. The predicted octanol–water partition coefficient (Wildman–Crippen LogP) is 12.4. The Balaban J connectivity index is 1.49. The zero-order valence-corrected chi connectivity index (χ0v) is 28.4. The van der Waals surface area contributed by atoms with Gasteiger partial charge in [0.1, 0.15) is 0 Å². The first-order chi connectivity index (χ1) is 22.8. The molecule has 2 heteroatoms. The van der Waals surface area contributed by atoms with Crippen molar-refractivity contribution >= 4 is 45.3 Å². The molecule has 6 aromatic carbocycles. The lowest BCUT2D eigenvalue weighted by Crippen LogP contribution is -2.23. The van der Waals surface area contributed by atoms with Crippen molar-refractivity contribution in [2.75, 3.05) is 9.80 Å². The number of fused-ring (bicyclic) bond motifs is 4. The quantitative estimate of drug-likeness (QED) is 0.193. The van der Waals surface area contributed by atoms with Crippen LogP contribution in [0.2, 0.25) is 0 Å². The van der Waals surface area contributed by atoms with Gasteiger partial charge in [0.25, 0.3) is 0 Å². The van der Waals surface area contributed by atoms with E-state index >= 15 is 0 Å². The molecule has 2 aliphatic heterocycles. The number of para-hydroxylation sites is 4. The molecule has 6 aromatic rings. The molecule has 0 amide bonds. The molecule has 0 aliphatic carbocycles. The summed E-state index contributed by atoms with van der Waals surface area (Å²) in [5, 5.41) is 0. The average Bonchev–Trinajstić information content (AvgIpc) is 3.10. The Morgan fingerprint density at radius 3 is 1.13 bits per heavy atom. The lowest BCUT2D eigenvalue weighted by Gasteiger charge is -2.40. The van der Waals surface area contributed by atoms with Crippen LogP contribution >= 0.6 is 0 Å². The van der Waals surface area contributed by atoms with Gasteiger partial charge in [-0.25, -0.2) is 0 Å². The fourth-order valence-electron chi connectivity index (χ4n) is 7.88. The third kappa shape index (κ3) is 4.24. The molecule has 0 bridgehead atoms. The number of rotatable bonds is 2. The summed E-state index contributed by atoms with van der Waals surface area (Å²) in [5.74, 6) is 0. The largest absolute Gasteiger partial charge is 0.309 e. The van der Waals surface area contributed by atoms with Gasteiger partial charge in [-0.1, -0.05) is 84.9 Å². The third-order valence-corrected chi connectivity index (χ3v) is 10.7. The average molecular weight is 609 g/mol. The maximum atomic E-state index is 2.53.